The van der Waals surface area contributed by atoms with Crippen LogP contribution in [0.3, 0.4) is 0 Å². The monoisotopic (exact) mass is 454 g/mol. The molecule has 0 radical (unpaired) electrons. The summed E-state index contributed by atoms with van der Waals surface area (Å²) >= 11 is 0. The third-order valence-corrected chi connectivity index (χ3v) is 6.79. The van der Waals surface area contributed by atoms with Crippen LogP contribution in [0.5, 0.6) is 0 Å². The summed E-state index contributed by atoms with van der Waals surface area (Å²) in [7, 11) is -3.44. The molecule has 0 unspecified atom stereocenters. The molecule has 1 aromatic heterocycles. The SMILES string of the molecule is CCc1ccc2n(c1=O)[C@@H](Cc1cccc(-c3cccc(F)c3)c1)[C@@H](NS(C)(=O)=O)CC2. The molecule has 32 heavy (non-hydrogen) atoms. The summed E-state index contributed by atoms with van der Waals surface area (Å²) in [5.41, 5.74) is 4.18. The van der Waals surface area contributed by atoms with Crippen LogP contribution in [0.15, 0.2) is 65.5 Å². The normalized spacial score (nSPS) is 18.3. The Balaban J connectivity index is 1.76. The molecule has 0 saturated carbocycles. The van der Waals surface area contributed by atoms with E-state index < -0.39 is 10.0 Å². The van der Waals surface area contributed by atoms with Gasteiger partial charge in [0.1, 0.15) is 5.82 Å². The molecule has 7 heteroatoms. The van der Waals surface area contributed by atoms with Crippen LogP contribution in [-0.4, -0.2) is 25.3 Å². The first-order chi connectivity index (χ1) is 15.2. The predicted octanol–water partition coefficient (Wildman–Crippen LogP) is 3.86. The number of aryl methyl sites for hydroxylation is 2. The molecule has 2 aromatic carbocycles. The molecular formula is C25H27FN2O3S. The second kappa shape index (κ2) is 9.00. The summed E-state index contributed by atoms with van der Waals surface area (Å²) in [4.78, 5) is 13.2. The fourth-order valence-electron chi connectivity index (χ4n) is 4.58. The van der Waals surface area contributed by atoms with Crippen LogP contribution >= 0.6 is 0 Å². The molecule has 0 fully saturated rings. The number of hydrogen-bond donors (Lipinski definition) is 1. The zero-order chi connectivity index (χ0) is 22.9. The van der Waals surface area contributed by atoms with Gasteiger partial charge in [-0.3, -0.25) is 4.79 Å². The summed E-state index contributed by atoms with van der Waals surface area (Å²) in [5.74, 6) is -0.301. The number of aromatic nitrogens is 1. The van der Waals surface area contributed by atoms with Gasteiger partial charge in [0.2, 0.25) is 10.0 Å². The standard InChI is InChI=1S/C25H27FN2O3S/c1-3-18-10-11-22-12-13-23(27-32(2,30)31)24(28(22)25(18)29)15-17-6-4-7-19(14-17)20-8-5-9-21(26)16-20/h4-11,14,16,23-24,27H,3,12-13,15H2,1-2H3/t23-,24-/m0/s1. The van der Waals surface area contributed by atoms with E-state index in [1.54, 1.807) is 10.6 Å². The first-order valence-corrected chi connectivity index (χ1v) is 12.7. The Morgan fingerprint density at radius 3 is 2.47 bits per heavy atom. The van der Waals surface area contributed by atoms with Crippen LogP contribution in [0, 0.1) is 5.82 Å². The second-order valence-corrected chi connectivity index (χ2v) is 10.2. The van der Waals surface area contributed by atoms with E-state index in [1.165, 1.54) is 12.1 Å². The molecule has 1 aliphatic rings. The highest BCUT2D eigenvalue weighted by Crippen LogP contribution is 2.29. The minimum absolute atomic E-state index is 0.0590. The molecule has 2 heterocycles. The number of pyridine rings is 1. The Morgan fingerprint density at radius 2 is 1.78 bits per heavy atom. The van der Waals surface area contributed by atoms with Gasteiger partial charge >= 0.3 is 0 Å². The molecule has 5 nitrogen and oxygen atoms in total. The van der Waals surface area contributed by atoms with Gasteiger partial charge in [0, 0.05) is 17.3 Å². The predicted molar refractivity (Wildman–Crippen MR) is 125 cm³/mol. The number of benzene rings is 2. The van der Waals surface area contributed by atoms with E-state index in [0.29, 0.717) is 31.2 Å². The van der Waals surface area contributed by atoms with Crippen LogP contribution in [0.4, 0.5) is 4.39 Å². The van der Waals surface area contributed by atoms with Crippen LogP contribution in [0.2, 0.25) is 0 Å². The summed E-state index contributed by atoms with van der Waals surface area (Å²) in [6.07, 6.45) is 3.50. The number of fused-ring (bicyclic) bond motifs is 1. The van der Waals surface area contributed by atoms with E-state index in [4.69, 9.17) is 0 Å². The van der Waals surface area contributed by atoms with Crippen LogP contribution in [-0.2, 0) is 29.3 Å². The quantitative estimate of drug-likeness (QED) is 0.615. The zero-order valence-corrected chi connectivity index (χ0v) is 19.0. The van der Waals surface area contributed by atoms with E-state index in [0.717, 1.165) is 28.6 Å². The van der Waals surface area contributed by atoms with Crippen molar-refractivity contribution in [3.8, 4) is 11.1 Å². The van der Waals surface area contributed by atoms with Gasteiger partial charge in [-0.25, -0.2) is 17.5 Å². The molecule has 2 atom stereocenters. The Labute approximate surface area is 188 Å². The Bertz CT molecular complexity index is 1300. The molecule has 4 rings (SSSR count). The number of sulfonamides is 1. The van der Waals surface area contributed by atoms with E-state index in [9.17, 15) is 17.6 Å². The number of nitrogens with one attached hydrogen (secondary N) is 1. The lowest BCUT2D eigenvalue weighted by Crippen LogP contribution is -2.48. The molecule has 3 aromatic rings. The van der Waals surface area contributed by atoms with Crippen molar-refractivity contribution in [2.45, 2.75) is 44.7 Å². The Kier molecular flexibility index (Phi) is 6.31. The van der Waals surface area contributed by atoms with Gasteiger partial charge in [-0.1, -0.05) is 49.4 Å². The first-order valence-electron chi connectivity index (χ1n) is 10.8. The van der Waals surface area contributed by atoms with Crippen molar-refractivity contribution in [2.75, 3.05) is 6.26 Å². The van der Waals surface area contributed by atoms with E-state index in [1.807, 2.05) is 49.4 Å². The minimum atomic E-state index is -3.44. The molecule has 1 N–H and O–H groups in total. The zero-order valence-electron chi connectivity index (χ0n) is 18.2. The average molecular weight is 455 g/mol. The van der Waals surface area contributed by atoms with E-state index in [2.05, 4.69) is 4.72 Å². The summed E-state index contributed by atoms with van der Waals surface area (Å²) < 4.78 is 42.4. The van der Waals surface area contributed by atoms with Crippen LogP contribution < -0.4 is 10.3 Å². The second-order valence-electron chi connectivity index (χ2n) is 8.40. The summed E-state index contributed by atoms with van der Waals surface area (Å²) in [5, 5.41) is 0. The first kappa shape index (κ1) is 22.4. The molecule has 0 saturated heterocycles. The lowest BCUT2D eigenvalue weighted by molar-refractivity contribution is 0.314. The maximum Gasteiger partial charge on any atom is 0.254 e. The molecule has 168 valence electrons. The molecule has 1 aliphatic heterocycles. The highest BCUT2D eigenvalue weighted by Gasteiger charge is 2.32. The highest BCUT2D eigenvalue weighted by atomic mass is 32.2. The molecule has 0 aliphatic carbocycles. The van der Waals surface area contributed by atoms with Gasteiger partial charge in [0.25, 0.3) is 5.56 Å². The van der Waals surface area contributed by atoms with E-state index >= 15 is 0 Å². The van der Waals surface area contributed by atoms with Crippen molar-refractivity contribution in [1.82, 2.24) is 9.29 Å². The Hall–Kier alpha value is -2.77. The molecule has 0 amide bonds. The van der Waals surface area contributed by atoms with Crippen molar-refractivity contribution in [3.05, 3.63) is 93.7 Å². The summed E-state index contributed by atoms with van der Waals surface area (Å²) in [6.45, 7) is 1.94. The maximum atomic E-state index is 13.7. The number of hydrogen-bond acceptors (Lipinski definition) is 3. The smallest absolute Gasteiger partial charge is 0.254 e. The Morgan fingerprint density at radius 1 is 1.06 bits per heavy atom. The topological polar surface area (TPSA) is 68.2 Å². The van der Waals surface area contributed by atoms with Gasteiger partial charge in [0.15, 0.2) is 0 Å². The lowest BCUT2D eigenvalue weighted by Gasteiger charge is -2.36. The fraction of sp³-hybridized carbons (Fsp3) is 0.320. The van der Waals surface area contributed by atoms with Crippen molar-refractivity contribution < 1.29 is 12.8 Å². The van der Waals surface area contributed by atoms with Crippen LogP contribution in [0.1, 0.15) is 36.2 Å². The third kappa shape index (κ3) is 4.84. The number of halogens is 1. The van der Waals surface area contributed by atoms with E-state index in [-0.39, 0.29) is 23.5 Å². The largest absolute Gasteiger partial charge is 0.307 e. The van der Waals surface area contributed by atoms with Gasteiger partial charge in [-0.2, -0.15) is 0 Å². The average Bonchev–Trinajstić information content (AvgIpc) is 2.75. The number of nitrogens with zero attached hydrogens (tertiary/aromatic N) is 1. The van der Waals surface area contributed by atoms with Crippen LogP contribution in [0.25, 0.3) is 11.1 Å². The summed E-state index contributed by atoms with van der Waals surface area (Å²) in [6, 6.07) is 17.3. The highest BCUT2D eigenvalue weighted by molar-refractivity contribution is 7.88. The molecular weight excluding hydrogens is 427 g/mol. The van der Waals surface area contributed by atoms with Crippen molar-refractivity contribution >= 4 is 10.0 Å². The number of rotatable bonds is 6. The molecule has 0 spiro atoms. The van der Waals surface area contributed by atoms with Crippen molar-refractivity contribution in [2.24, 2.45) is 0 Å². The fourth-order valence-corrected chi connectivity index (χ4v) is 5.40. The molecule has 0 bridgehead atoms. The van der Waals surface area contributed by atoms with Gasteiger partial charge < -0.3 is 4.57 Å². The maximum absolute atomic E-state index is 13.7. The van der Waals surface area contributed by atoms with Gasteiger partial charge in [-0.15, -0.1) is 0 Å². The minimum Gasteiger partial charge on any atom is -0.307 e. The third-order valence-electron chi connectivity index (χ3n) is 6.06. The lowest BCUT2D eigenvalue weighted by atomic mass is 9.90. The van der Waals surface area contributed by atoms with Crippen molar-refractivity contribution in [3.63, 3.8) is 0 Å². The van der Waals surface area contributed by atoms with Crippen molar-refractivity contribution in [1.29, 1.82) is 0 Å². The van der Waals surface area contributed by atoms with Gasteiger partial charge in [-0.05, 0) is 60.6 Å². The van der Waals surface area contributed by atoms with Gasteiger partial charge in [0.05, 0.1) is 12.3 Å².